The number of hydrogen-bond acceptors (Lipinski definition) is 5. The molecule has 19 heavy (non-hydrogen) atoms. The van der Waals surface area contributed by atoms with Crippen LogP contribution in [0.5, 0.6) is 0 Å². The van der Waals surface area contributed by atoms with Gasteiger partial charge in [0.1, 0.15) is 6.61 Å². The first-order chi connectivity index (χ1) is 8.68. The molecule has 1 aliphatic rings. The molecule has 104 valence electrons. The van der Waals surface area contributed by atoms with Gasteiger partial charge in [0, 0.05) is 16.9 Å². The summed E-state index contributed by atoms with van der Waals surface area (Å²) >= 11 is 0. The smallest absolute Gasteiger partial charge is 0.399 e. The lowest BCUT2D eigenvalue weighted by Crippen LogP contribution is -2.41. The Morgan fingerprint density at radius 2 is 1.42 bits per heavy atom. The summed E-state index contributed by atoms with van der Waals surface area (Å²) in [6, 6.07) is 0. The standard InChI is InChI=1S/C13H21BN2O3/c1-8-11(9(2)16-10(7-17)15-8)14-18-12(3,4)13(5,6)19-14/h17H,7H2,1-6H3. The molecule has 6 heteroatoms. The van der Waals surface area contributed by atoms with Crippen LogP contribution in [-0.2, 0) is 15.9 Å². The van der Waals surface area contributed by atoms with Crippen LogP contribution in [0.4, 0.5) is 0 Å². The molecule has 0 radical (unpaired) electrons. The van der Waals surface area contributed by atoms with Gasteiger partial charge in [-0.05, 0) is 41.5 Å². The second-order valence-corrected chi connectivity index (χ2v) is 5.97. The highest BCUT2D eigenvalue weighted by molar-refractivity contribution is 6.63. The Hall–Kier alpha value is -0.975. The van der Waals surface area contributed by atoms with Crippen LogP contribution < -0.4 is 5.46 Å². The average molecular weight is 264 g/mol. The van der Waals surface area contributed by atoms with Crippen molar-refractivity contribution in [2.45, 2.75) is 59.4 Å². The zero-order chi connectivity index (χ0) is 14.4. The van der Waals surface area contributed by atoms with Crippen LogP contribution >= 0.6 is 0 Å². The van der Waals surface area contributed by atoms with Crippen molar-refractivity contribution in [3.63, 3.8) is 0 Å². The molecule has 0 amide bonds. The maximum absolute atomic E-state index is 9.12. The highest BCUT2D eigenvalue weighted by Crippen LogP contribution is 2.36. The Morgan fingerprint density at radius 1 is 1.00 bits per heavy atom. The molecule has 0 unspecified atom stereocenters. The van der Waals surface area contributed by atoms with Crippen molar-refractivity contribution in [3.8, 4) is 0 Å². The van der Waals surface area contributed by atoms with Gasteiger partial charge in [-0.2, -0.15) is 0 Å². The van der Waals surface area contributed by atoms with Crippen molar-refractivity contribution in [1.29, 1.82) is 0 Å². The van der Waals surface area contributed by atoms with E-state index in [9.17, 15) is 0 Å². The molecule has 0 bridgehead atoms. The van der Waals surface area contributed by atoms with Crippen LogP contribution in [-0.4, -0.2) is 33.4 Å². The number of nitrogens with zero attached hydrogens (tertiary/aromatic N) is 2. The number of aromatic nitrogens is 2. The zero-order valence-corrected chi connectivity index (χ0v) is 12.4. The quantitative estimate of drug-likeness (QED) is 0.803. The lowest BCUT2D eigenvalue weighted by atomic mass is 9.76. The molecule has 0 saturated carbocycles. The van der Waals surface area contributed by atoms with E-state index in [4.69, 9.17) is 14.4 Å². The van der Waals surface area contributed by atoms with E-state index in [2.05, 4.69) is 9.97 Å². The lowest BCUT2D eigenvalue weighted by molar-refractivity contribution is 0.00578. The van der Waals surface area contributed by atoms with Gasteiger partial charge in [-0.1, -0.05) is 0 Å². The van der Waals surface area contributed by atoms with Gasteiger partial charge >= 0.3 is 7.12 Å². The van der Waals surface area contributed by atoms with E-state index in [0.717, 1.165) is 16.9 Å². The average Bonchev–Trinajstić information content (AvgIpc) is 2.46. The third-order valence-corrected chi connectivity index (χ3v) is 4.00. The summed E-state index contributed by atoms with van der Waals surface area (Å²) in [6.07, 6.45) is 0. The minimum absolute atomic E-state index is 0.161. The van der Waals surface area contributed by atoms with E-state index in [1.807, 2.05) is 41.5 Å². The Bertz CT molecular complexity index is 464. The van der Waals surface area contributed by atoms with Gasteiger partial charge in [0.15, 0.2) is 5.82 Å². The first-order valence-corrected chi connectivity index (χ1v) is 6.48. The Labute approximate surface area is 114 Å². The first kappa shape index (κ1) is 14.4. The van der Waals surface area contributed by atoms with Crippen LogP contribution in [0.15, 0.2) is 0 Å². The van der Waals surface area contributed by atoms with Crippen LogP contribution in [0.2, 0.25) is 0 Å². The molecule has 2 rings (SSSR count). The summed E-state index contributed by atoms with van der Waals surface area (Å²) in [4.78, 5) is 8.54. The van der Waals surface area contributed by atoms with Gasteiger partial charge in [-0.3, -0.25) is 0 Å². The molecule has 1 saturated heterocycles. The van der Waals surface area contributed by atoms with Crippen molar-refractivity contribution in [2.75, 3.05) is 0 Å². The van der Waals surface area contributed by atoms with E-state index in [-0.39, 0.29) is 17.8 Å². The predicted octanol–water partition coefficient (Wildman–Crippen LogP) is 0.885. The topological polar surface area (TPSA) is 64.5 Å². The summed E-state index contributed by atoms with van der Waals surface area (Å²) in [6.45, 7) is 11.7. The fourth-order valence-electron chi connectivity index (χ4n) is 2.17. The van der Waals surface area contributed by atoms with E-state index in [0.29, 0.717) is 5.82 Å². The second-order valence-electron chi connectivity index (χ2n) is 5.97. The monoisotopic (exact) mass is 264 g/mol. The van der Waals surface area contributed by atoms with Crippen molar-refractivity contribution < 1.29 is 14.4 Å². The maximum Gasteiger partial charge on any atom is 0.498 e. The molecule has 0 aliphatic carbocycles. The van der Waals surface area contributed by atoms with Crippen molar-refractivity contribution in [2.24, 2.45) is 0 Å². The van der Waals surface area contributed by atoms with Gasteiger partial charge in [-0.15, -0.1) is 0 Å². The lowest BCUT2D eigenvalue weighted by Gasteiger charge is -2.32. The summed E-state index contributed by atoms with van der Waals surface area (Å²) in [5, 5.41) is 9.12. The minimum Gasteiger partial charge on any atom is -0.399 e. The highest BCUT2D eigenvalue weighted by atomic mass is 16.7. The summed E-state index contributed by atoms with van der Waals surface area (Å²) < 4.78 is 12.0. The molecular weight excluding hydrogens is 243 g/mol. The molecule has 5 nitrogen and oxygen atoms in total. The molecule has 0 atom stereocenters. The Morgan fingerprint density at radius 3 is 1.79 bits per heavy atom. The van der Waals surface area contributed by atoms with E-state index < -0.39 is 7.12 Å². The van der Waals surface area contributed by atoms with E-state index in [1.54, 1.807) is 0 Å². The van der Waals surface area contributed by atoms with E-state index in [1.165, 1.54) is 0 Å². The number of aliphatic hydroxyl groups excluding tert-OH is 1. The zero-order valence-electron chi connectivity index (χ0n) is 12.4. The fraction of sp³-hybridized carbons (Fsp3) is 0.692. The SMILES string of the molecule is Cc1nc(CO)nc(C)c1B1OC(C)(C)C(C)(C)O1. The molecule has 1 N–H and O–H groups in total. The fourth-order valence-corrected chi connectivity index (χ4v) is 2.17. The number of hydrogen-bond donors (Lipinski definition) is 1. The molecule has 1 fully saturated rings. The third kappa shape index (κ3) is 2.40. The van der Waals surface area contributed by atoms with Gasteiger partial charge in [0.25, 0.3) is 0 Å². The predicted molar refractivity (Wildman–Crippen MR) is 73.1 cm³/mol. The first-order valence-electron chi connectivity index (χ1n) is 6.48. The molecule has 1 aromatic rings. The molecular formula is C13H21BN2O3. The number of rotatable bonds is 2. The molecule has 1 aromatic heterocycles. The van der Waals surface area contributed by atoms with Gasteiger partial charge in [0.2, 0.25) is 0 Å². The van der Waals surface area contributed by atoms with Crippen molar-refractivity contribution in [3.05, 3.63) is 17.2 Å². The molecule has 1 aliphatic heterocycles. The Balaban J connectivity index is 2.40. The van der Waals surface area contributed by atoms with Crippen LogP contribution in [0.3, 0.4) is 0 Å². The van der Waals surface area contributed by atoms with Gasteiger partial charge < -0.3 is 14.4 Å². The molecule has 2 heterocycles. The van der Waals surface area contributed by atoms with Crippen molar-refractivity contribution in [1.82, 2.24) is 9.97 Å². The molecule has 0 aromatic carbocycles. The number of aliphatic hydroxyl groups is 1. The van der Waals surface area contributed by atoms with Gasteiger partial charge in [-0.25, -0.2) is 9.97 Å². The third-order valence-electron chi connectivity index (χ3n) is 4.00. The highest BCUT2D eigenvalue weighted by Gasteiger charge is 2.52. The largest absolute Gasteiger partial charge is 0.498 e. The number of aryl methyl sites for hydroxylation is 2. The van der Waals surface area contributed by atoms with Crippen molar-refractivity contribution >= 4 is 12.6 Å². The summed E-state index contributed by atoms with van der Waals surface area (Å²) in [5.41, 5.74) is 1.67. The minimum atomic E-state index is -0.460. The normalized spacial score (nSPS) is 20.9. The molecule has 0 spiro atoms. The summed E-state index contributed by atoms with van der Waals surface area (Å²) in [5.74, 6) is 0.426. The van der Waals surface area contributed by atoms with E-state index >= 15 is 0 Å². The van der Waals surface area contributed by atoms with Crippen LogP contribution in [0.1, 0.15) is 44.9 Å². The maximum atomic E-state index is 9.12. The van der Waals surface area contributed by atoms with Crippen LogP contribution in [0.25, 0.3) is 0 Å². The Kier molecular flexibility index (Phi) is 3.45. The van der Waals surface area contributed by atoms with Crippen LogP contribution in [0, 0.1) is 13.8 Å². The second kappa shape index (κ2) is 4.54. The van der Waals surface area contributed by atoms with Gasteiger partial charge in [0.05, 0.1) is 11.2 Å². The summed E-state index contributed by atoms with van der Waals surface area (Å²) in [7, 11) is -0.460.